The van der Waals surface area contributed by atoms with Crippen molar-refractivity contribution in [2.45, 2.75) is 56.9 Å². The van der Waals surface area contributed by atoms with Gasteiger partial charge in [-0.3, -0.25) is 0 Å². The molecule has 2 N–H and O–H groups in total. The Balaban J connectivity index is 1.64. The van der Waals surface area contributed by atoms with Gasteiger partial charge in [-0.2, -0.15) is 4.98 Å². The predicted octanol–water partition coefficient (Wildman–Crippen LogP) is 1.87. The molecule has 0 atom stereocenters. The van der Waals surface area contributed by atoms with Crippen molar-refractivity contribution in [3.63, 3.8) is 0 Å². The van der Waals surface area contributed by atoms with Crippen molar-refractivity contribution >= 4 is 5.95 Å². The summed E-state index contributed by atoms with van der Waals surface area (Å²) in [5, 5.41) is 4.11. The number of nitrogens with zero attached hydrogens (tertiary/aromatic N) is 3. The standard InChI is InChI=1S/C13H22N4O/c14-13(6-5-7-13)10-11-15-12(16-18-11)17-8-3-1-2-4-9-17/h1-10,14H2. The number of rotatable bonds is 3. The van der Waals surface area contributed by atoms with Crippen molar-refractivity contribution in [1.82, 2.24) is 10.1 Å². The summed E-state index contributed by atoms with van der Waals surface area (Å²) in [6.07, 6.45) is 9.19. The molecule has 0 bridgehead atoms. The summed E-state index contributed by atoms with van der Waals surface area (Å²) in [5.41, 5.74) is 6.13. The highest BCUT2D eigenvalue weighted by Gasteiger charge is 2.34. The van der Waals surface area contributed by atoms with Crippen molar-refractivity contribution in [2.24, 2.45) is 5.73 Å². The minimum atomic E-state index is -0.0808. The highest BCUT2D eigenvalue weighted by atomic mass is 16.5. The molecule has 0 aromatic carbocycles. The lowest BCUT2D eigenvalue weighted by Crippen LogP contribution is -2.48. The Bertz CT molecular complexity index is 391. The van der Waals surface area contributed by atoms with Gasteiger partial charge in [-0.05, 0) is 37.3 Å². The van der Waals surface area contributed by atoms with Crippen molar-refractivity contribution in [2.75, 3.05) is 18.0 Å². The van der Waals surface area contributed by atoms with Crippen LogP contribution in [0.15, 0.2) is 4.52 Å². The molecule has 2 heterocycles. The van der Waals surface area contributed by atoms with Gasteiger partial charge in [0.1, 0.15) is 0 Å². The molecule has 18 heavy (non-hydrogen) atoms. The van der Waals surface area contributed by atoms with E-state index in [0.717, 1.165) is 38.3 Å². The predicted molar refractivity (Wildman–Crippen MR) is 69.5 cm³/mol. The number of hydrogen-bond acceptors (Lipinski definition) is 5. The van der Waals surface area contributed by atoms with Crippen LogP contribution in [-0.4, -0.2) is 28.8 Å². The largest absolute Gasteiger partial charge is 0.338 e. The van der Waals surface area contributed by atoms with Gasteiger partial charge in [0.2, 0.25) is 5.89 Å². The summed E-state index contributed by atoms with van der Waals surface area (Å²) in [7, 11) is 0. The first-order chi connectivity index (χ1) is 8.75. The molecule has 0 amide bonds. The van der Waals surface area contributed by atoms with Crippen LogP contribution < -0.4 is 10.6 Å². The first-order valence-corrected chi connectivity index (χ1v) is 7.12. The van der Waals surface area contributed by atoms with E-state index in [-0.39, 0.29) is 5.54 Å². The second-order valence-electron chi connectivity index (χ2n) is 5.78. The summed E-state index contributed by atoms with van der Waals surface area (Å²) in [6, 6.07) is 0. The average molecular weight is 250 g/mol. The minimum Gasteiger partial charge on any atom is -0.338 e. The number of anilines is 1. The van der Waals surface area contributed by atoms with Crippen molar-refractivity contribution < 1.29 is 4.52 Å². The zero-order chi connectivity index (χ0) is 12.4. The molecule has 0 unspecified atom stereocenters. The Kier molecular flexibility index (Phi) is 3.24. The lowest BCUT2D eigenvalue weighted by Gasteiger charge is -2.36. The second kappa shape index (κ2) is 4.88. The summed E-state index contributed by atoms with van der Waals surface area (Å²) < 4.78 is 5.35. The van der Waals surface area contributed by atoms with E-state index in [1.165, 1.54) is 32.1 Å². The molecule has 3 rings (SSSR count). The van der Waals surface area contributed by atoms with Crippen LogP contribution in [0.3, 0.4) is 0 Å². The third-order valence-corrected chi connectivity index (χ3v) is 4.20. The molecule has 2 fully saturated rings. The van der Waals surface area contributed by atoms with E-state index in [1.54, 1.807) is 0 Å². The van der Waals surface area contributed by atoms with Gasteiger partial charge in [0.25, 0.3) is 5.95 Å². The van der Waals surface area contributed by atoms with Crippen LogP contribution in [0.2, 0.25) is 0 Å². The van der Waals surface area contributed by atoms with Gasteiger partial charge in [-0.25, -0.2) is 0 Å². The molecule has 1 aromatic heterocycles. The van der Waals surface area contributed by atoms with Gasteiger partial charge in [0.05, 0.1) is 0 Å². The third-order valence-electron chi connectivity index (χ3n) is 4.20. The van der Waals surface area contributed by atoms with Gasteiger partial charge >= 0.3 is 0 Å². The molecule has 0 radical (unpaired) electrons. The highest BCUT2D eigenvalue weighted by molar-refractivity contribution is 5.27. The first-order valence-electron chi connectivity index (χ1n) is 7.12. The van der Waals surface area contributed by atoms with E-state index in [1.807, 2.05) is 0 Å². The van der Waals surface area contributed by atoms with Gasteiger partial charge in [0, 0.05) is 25.0 Å². The van der Waals surface area contributed by atoms with E-state index in [9.17, 15) is 0 Å². The molecule has 5 nitrogen and oxygen atoms in total. The molecule has 1 aliphatic carbocycles. The lowest BCUT2D eigenvalue weighted by atomic mass is 9.75. The molecule has 1 saturated heterocycles. The third kappa shape index (κ3) is 2.51. The molecule has 100 valence electrons. The zero-order valence-electron chi connectivity index (χ0n) is 10.9. The van der Waals surface area contributed by atoms with Crippen LogP contribution >= 0.6 is 0 Å². The summed E-state index contributed by atoms with van der Waals surface area (Å²) >= 11 is 0. The normalized spacial score (nSPS) is 23.5. The summed E-state index contributed by atoms with van der Waals surface area (Å²) in [4.78, 5) is 6.75. The molecule has 2 aliphatic rings. The summed E-state index contributed by atoms with van der Waals surface area (Å²) in [5.74, 6) is 1.46. The molecule has 5 heteroatoms. The van der Waals surface area contributed by atoms with Gasteiger partial charge in [0.15, 0.2) is 0 Å². The van der Waals surface area contributed by atoms with Crippen LogP contribution in [0.1, 0.15) is 50.8 Å². The Labute approximate surface area is 108 Å². The Morgan fingerprint density at radius 2 is 1.83 bits per heavy atom. The number of aromatic nitrogens is 2. The fraction of sp³-hybridized carbons (Fsp3) is 0.846. The van der Waals surface area contributed by atoms with Gasteiger partial charge < -0.3 is 15.2 Å². The fourth-order valence-electron chi connectivity index (χ4n) is 2.83. The van der Waals surface area contributed by atoms with Crippen LogP contribution in [-0.2, 0) is 6.42 Å². The van der Waals surface area contributed by atoms with Crippen LogP contribution in [0.25, 0.3) is 0 Å². The van der Waals surface area contributed by atoms with E-state index < -0.39 is 0 Å². The molecular formula is C13H22N4O. The number of nitrogens with two attached hydrogens (primary N) is 1. The Morgan fingerprint density at radius 1 is 1.11 bits per heavy atom. The Hall–Kier alpha value is -1.10. The molecule has 1 aliphatic heterocycles. The topological polar surface area (TPSA) is 68.2 Å². The second-order valence-corrected chi connectivity index (χ2v) is 5.78. The smallest absolute Gasteiger partial charge is 0.266 e. The van der Waals surface area contributed by atoms with Gasteiger partial charge in [-0.15, -0.1) is 0 Å². The number of hydrogen-bond donors (Lipinski definition) is 1. The monoisotopic (exact) mass is 250 g/mol. The zero-order valence-corrected chi connectivity index (χ0v) is 10.9. The molecule has 0 spiro atoms. The van der Waals surface area contributed by atoms with Crippen molar-refractivity contribution in [3.05, 3.63) is 5.89 Å². The van der Waals surface area contributed by atoms with Crippen LogP contribution in [0.4, 0.5) is 5.95 Å². The van der Waals surface area contributed by atoms with E-state index in [2.05, 4.69) is 15.0 Å². The van der Waals surface area contributed by atoms with E-state index >= 15 is 0 Å². The van der Waals surface area contributed by atoms with Crippen molar-refractivity contribution in [3.8, 4) is 0 Å². The van der Waals surface area contributed by atoms with Gasteiger partial charge in [-0.1, -0.05) is 12.8 Å². The van der Waals surface area contributed by atoms with Crippen LogP contribution in [0.5, 0.6) is 0 Å². The Morgan fingerprint density at radius 3 is 2.44 bits per heavy atom. The van der Waals surface area contributed by atoms with Crippen molar-refractivity contribution in [1.29, 1.82) is 0 Å². The first kappa shape index (κ1) is 12.0. The summed E-state index contributed by atoms with van der Waals surface area (Å²) in [6.45, 7) is 2.10. The lowest BCUT2D eigenvalue weighted by molar-refractivity contribution is 0.222. The molecule has 1 saturated carbocycles. The minimum absolute atomic E-state index is 0.0808. The molecular weight excluding hydrogens is 228 g/mol. The SMILES string of the molecule is NC1(Cc2nc(N3CCCCCC3)no2)CCC1. The quantitative estimate of drug-likeness (QED) is 0.887. The fourth-order valence-corrected chi connectivity index (χ4v) is 2.83. The van der Waals surface area contributed by atoms with E-state index in [0.29, 0.717) is 5.89 Å². The maximum atomic E-state index is 6.21. The maximum absolute atomic E-state index is 6.21. The van der Waals surface area contributed by atoms with E-state index in [4.69, 9.17) is 10.3 Å². The average Bonchev–Trinajstić information content (AvgIpc) is 2.62. The van der Waals surface area contributed by atoms with Crippen LogP contribution in [0, 0.1) is 0 Å². The highest BCUT2D eigenvalue weighted by Crippen LogP contribution is 2.32. The molecule has 1 aromatic rings. The maximum Gasteiger partial charge on any atom is 0.266 e.